The number of carbonyl (C=O) groups is 3. The van der Waals surface area contributed by atoms with Crippen LogP contribution in [0.1, 0.15) is 32.6 Å². The summed E-state index contributed by atoms with van der Waals surface area (Å²) in [4.78, 5) is 36.8. The fourth-order valence-electron chi connectivity index (χ4n) is 2.65. The second-order valence-corrected chi connectivity index (χ2v) is 5.03. The SMILES string of the molecule is CCOC(=O)[C@@H]1CCCN(C(=O)C2CCC(=O)N2)C1. The molecule has 1 N–H and O–H groups in total. The molecule has 6 nitrogen and oxygen atoms in total. The highest BCUT2D eigenvalue weighted by Crippen LogP contribution is 2.20. The number of hydrogen-bond donors (Lipinski definition) is 1. The number of amides is 2. The summed E-state index contributed by atoms with van der Waals surface area (Å²) in [7, 11) is 0. The number of likely N-dealkylation sites (tertiary alicyclic amines) is 1. The summed E-state index contributed by atoms with van der Waals surface area (Å²) in [6, 6.07) is -0.409. The Morgan fingerprint density at radius 3 is 2.84 bits per heavy atom. The number of rotatable bonds is 3. The topological polar surface area (TPSA) is 75.7 Å². The normalized spacial score (nSPS) is 27.0. The molecule has 0 spiro atoms. The number of nitrogens with zero attached hydrogens (tertiary/aromatic N) is 1. The van der Waals surface area contributed by atoms with Crippen LogP contribution in [0.15, 0.2) is 0 Å². The summed E-state index contributed by atoms with van der Waals surface area (Å²) in [5, 5.41) is 2.67. The summed E-state index contributed by atoms with van der Waals surface area (Å²) in [5.74, 6) is -0.595. The molecule has 1 unspecified atom stereocenters. The minimum atomic E-state index is -0.409. The lowest BCUT2D eigenvalue weighted by Crippen LogP contribution is -2.49. The van der Waals surface area contributed by atoms with Gasteiger partial charge >= 0.3 is 5.97 Å². The number of hydrogen-bond acceptors (Lipinski definition) is 4. The van der Waals surface area contributed by atoms with Crippen molar-refractivity contribution in [3.05, 3.63) is 0 Å². The lowest BCUT2D eigenvalue weighted by Gasteiger charge is -2.33. The van der Waals surface area contributed by atoms with Crippen molar-refractivity contribution < 1.29 is 19.1 Å². The van der Waals surface area contributed by atoms with Crippen molar-refractivity contribution in [1.29, 1.82) is 0 Å². The average Bonchev–Trinajstić information content (AvgIpc) is 2.85. The molecular weight excluding hydrogens is 248 g/mol. The molecule has 0 saturated carbocycles. The van der Waals surface area contributed by atoms with Crippen molar-refractivity contribution in [2.75, 3.05) is 19.7 Å². The Bertz CT molecular complexity index is 383. The molecule has 0 aliphatic carbocycles. The van der Waals surface area contributed by atoms with Gasteiger partial charge in [0, 0.05) is 19.5 Å². The highest BCUT2D eigenvalue weighted by atomic mass is 16.5. The van der Waals surface area contributed by atoms with Crippen LogP contribution in [-0.4, -0.2) is 48.4 Å². The maximum absolute atomic E-state index is 12.2. The van der Waals surface area contributed by atoms with E-state index >= 15 is 0 Å². The molecular formula is C13H20N2O4. The molecule has 0 bridgehead atoms. The Morgan fingerprint density at radius 2 is 2.21 bits per heavy atom. The summed E-state index contributed by atoms with van der Waals surface area (Å²) in [6.45, 7) is 3.20. The maximum atomic E-state index is 12.2. The highest BCUT2D eigenvalue weighted by Gasteiger charge is 2.35. The van der Waals surface area contributed by atoms with Crippen molar-refractivity contribution in [2.24, 2.45) is 5.92 Å². The average molecular weight is 268 g/mol. The zero-order chi connectivity index (χ0) is 13.8. The lowest BCUT2D eigenvalue weighted by molar-refractivity contribution is -0.151. The minimum Gasteiger partial charge on any atom is -0.466 e. The first-order valence-corrected chi connectivity index (χ1v) is 6.86. The van der Waals surface area contributed by atoms with E-state index in [4.69, 9.17) is 4.74 Å². The molecule has 2 atom stereocenters. The molecule has 106 valence electrons. The molecule has 2 heterocycles. The number of ether oxygens (including phenoxy) is 1. The van der Waals surface area contributed by atoms with E-state index in [1.54, 1.807) is 11.8 Å². The first kappa shape index (κ1) is 13.8. The van der Waals surface area contributed by atoms with Crippen LogP contribution in [0.5, 0.6) is 0 Å². The van der Waals surface area contributed by atoms with Crippen LogP contribution in [0.25, 0.3) is 0 Å². The molecule has 0 aromatic carbocycles. The fraction of sp³-hybridized carbons (Fsp3) is 0.769. The second-order valence-electron chi connectivity index (χ2n) is 5.03. The van der Waals surface area contributed by atoms with E-state index < -0.39 is 6.04 Å². The predicted octanol–water partition coefficient (Wildman–Crippen LogP) is 0.0667. The zero-order valence-corrected chi connectivity index (χ0v) is 11.2. The molecule has 2 saturated heterocycles. The molecule has 2 fully saturated rings. The summed E-state index contributed by atoms with van der Waals surface area (Å²) in [6.07, 6.45) is 2.53. The molecule has 2 aliphatic heterocycles. The van der Waals surface area contributed by atoms with Crippen LogP contribution in [0.4, 0.5) is 0 Å². The van der Waals surface area contributed by atoms with Crippen molar-refractivity contribution in [2.45, 2.75) is 38.6 Å². The quantitative estimate of drug-likeness (QED) is 0.735. The van der Waals surface area contributed by atoms with Gasteiger partial charge in [-0.25, -0.2) is 0 Å². The largest absolute Gasteiger partial charge is 0.466 e. The minimum absolute atomic E-state index is 0.0696. The Hall–Kier alpha value is -1.59. The lowest BCUT2D eigenvalue weighted by atomic mass is 9.97. The van der Waals surface area contributed by atoms with Gasteiger partial charge in [0.05, 0.1) is 12.5 Å². The van der Waals surface area contributed by atoms with Crippen LogP contribution in [-0.2, 0) is 19.1 Å². The smallest absolute Gasteiger partial charge is 0.310 e. The standard InChI is InChI=1S/C13H20N2O4/c1-2-19-13(18)9-4-3-7-15(8-9)12(17)10-5-6-11(16)14-10/h9-10H,2-8H2,1H3,(H,14,16)/t9-,10?/m1/s1. The number of piperidine rings is 1. The number of carbonyl (C=O) groups excluding carboxylic acids is 3. The van der Waals surface area contributed by atoms with Gasteiger partial charge in [0.2, 0.25) is 11.8 Å². The van der Waals surface area contributed by atoms with Crippen LogP contribution in [0.2, 0.25) is 0 Å². The Morgan fingerprint density at radius 1 is 1.42 bits per heavy atom. The third kappa shape index (κ3) is 3.24. The molecule has 2 aliphatic rings. The van der Waals surface area contributed by atoms with Crippen molar-refractivity contribution in [3.63, 3.8) is 0 Å². The number of nitrogens with one attached hydrogen (secondary N) is 1. The van der Waals surface area contributed by atoms with E-state index in [1.807, 2.05) is 0 Å². The summed E-state index contributed by atoms with van der Waals surface area (Å²) >= 11 is 0. The molecule has 6 heteroatoms. The van der Waals surface area contributed by atoms with E-state index in [2.05, 4.69) is 5.32 Å². The van der Waals surface area contributed by atoms with Gasteiger partial charge in [-0.2, -0.15) is 0 Å². The number of esters is 1. The zero-order valence-electron chi connectivity index (χ0n) is 11.2. The van der Waals surface area contributed by atoms with Gasteiger partial charge < -0.3 is 15.0 Å². The molecule has 19 heavy (non-hydrogen) atoms. The van der Waals surface area contributed by atoms with Crippen LogP contribution >= 0.6 is 0 Å². The van der Waals surface area contributed by atoms with Crippen LogP contribution < -0.4 is 5.32 Å². The molecule has 2 rings (SSSR count). The van der Waals surface area contributed by atoms with Crippen molar-refractivity contribution >= 4 is 17.8 Å². The third-order valence-electron chi connectivity index (χ3n) is 3.65. The monoisotopic (exact) mass is 268 g/mol. The van der Waals surface area contributed by atoms with Crippen molar-refractivity contribution in [1.82, 2.24) is 10.2 Å². The Kier molecular flexibility index (Phi) is 4.39. The predicted molar refractivity (Wildman–Crippen MR) is 67.1 cm³/mol. The van der Waals surface area contributed by atoms with Crippen molar-refractivity contribution in [3.8, 4) is 0 Å². The van der Waals surface area contributed by atoms with E-state index in [0.717, 1.165) is 12.8 Å². The van der Waals surface area contributed by atoms with Crippen LogP contribution in [0.3, 0.4) is 0 Å². The van der Waals surface area contributed by atoms with Gasteiger partial charge in [0.25, 0.3) is 0 Å². The fourth-order valence-corrected chi connectivity index (χ4v) is 2.65. The van der Waals surface area contributed by atoms with E-state index in [0.29, 0.717) is 32.5 Å². The van der Waals surface area contributed by atoms with Gasteiger partial charge in [-0.3, -0.25) is 14.4 Å². The third-order valence-corrected chi connectivity index (χ3v) is 3.65. The van der Waals surface area contributed by atoms with Gasteiger partial charge in [-0.15, -0.1) is 0 Å². The van der Waals surface area contributed by atoms with Crippen LogP contribution in [0, 0.1) is 5.92 Å². The second kappa shape index (κ2) is 6.04. The maximum Gasteiger partial charge on any atom is 0.310 e. The summed E-state index contributed by atoms with van der Waals surface area (Å²) < 4.78 is 5.01. The van der Waals surface area contributed by atoms with Gasteiger partial charge in [0.1, 0.15) is 6.04 Å². The van der Waals surface area contributed by atoms with E-state index in [-0.39, 0.29) is 23.7 Å². The Balaban J connectivity index is 1.91. The van der Waals surface area contributed by atoms with Gasteiger partial charge in [0.15, 0.2) is 0 Å². The Labute approximate surface area is 112 Å². The molecule has 0 radical (unpaired) electrons. The molecule has 0 aromatic heterocycles. The molecule has 0 aromatic rings. The highest BCUT2D eigenvalue weighted by molar-refractivity contribution is 5.91. The first-order chi connectivity index (χ1) is 9.11. The van der Waals surface area contributed by atoms with E-state index in [9.17, 15) is 14.4 Å². The van der Waals surface area contributed by atoms with Gasteiger partial charge in [-0.1, -0.05) is 0 Å². The first-order valence-electron chi connectivity index (χ1n) is 6.86. The summed E-state index contributed by atoms with van der Waals surface area (Å²) in [5.41, 5.74) is 0. The van der Waals surface area contributed by atoms with E-state index in [1.165, 1.54) is 0 Å². The van der Waals surface area contributed by atoms with Gasteiger partial charge in [-0.05, 0) is 26.2 Å². The molecule has 2 amide bonds.